The predicted octanol–water partition coefficient (Wildman–Crippen LogP) is 4.46. The molecule has 1 N–H and O–H groups in total. The summed E-state index contributed by atoms with van der Waals surface area (Å²) in [7, 11) is 0. The Morgan fingerprint density at radius 2 is 2.00 bits per heavy atom. The fourth-order valence-corrected chi connectivity index (χ4v) is 1.83. The number of hydrogen-bond donors (Lipinski definition) is 1. The van der Waals surface area contributed by atoms with Crippen molar-refractivity contribution in [3.63, 3.8) is 0 Å². The molecule has 4 heteroatoms. The Bertz CT molecular complexity index is 353. The van der Waals surface area contributed by atoms with E-state index in [9.17, 15) is 0 Å². The van der Waals surface area contributed by atoms with Gasteiger partial charge in [-0.15, -0.1) is 0 Å². The van der Waals surface area contributed by atoms with E-state index < -0.39 is 0 Å². The summed E-state index contributed by atoms with van der Waals surface area (Å²) < 4.78 is 5.68. The molecule has 0 aromatic heterocycles. The highest BCUT2D eigenvalue weighted by Crippen LogP contribution is 2.36. The second-order valence-corrected chi connectivity index (χ2v) is 4.84. The molecule has 0 amide bonds. The molecule has 0 atom stereocenters. The van der Waals surface area contributed by atoms with Gasteiger partial charge in [-0.3, -0.25) is 0 Å². The standard InChI is InChI=1S/C12H17Cl2NO/c1-4-15-11-6-9(13)5-10(14)12(11)16-7-8(2)3/h5-6,8,15H,4,7H2,1-3H3. The topological polar surface area (TPSA) is 21.3 Å². The number of halogens is 2. The zero-order valence-corrected chi connectivity index (χ0v) is 11.3. The van der Waals surface area contributed by atoms with Crippen molar-refractivity contribution in [1.82, 2.24) is 0 Å². The van der Waals surface area contributed by atoms with E-state index >= 15 is 0 Å². The van der Waals surface area contributed by atoms with Crippen LogP contribution in [0.3, 0.4) is 0 Å². The zero-order chi connectivity index (χ0) is 12.1. The van der Waals surface area contributed by atoms with Crippen LogP contribution in [0, 0.1) is 5.92 Å². The van der Waals surface area contributed by atoms with Gasteiger partial charge in [-0.2, -0.15) is 0 Å². The third-order valence-corrected chi connectivity index (χ3v) is 2.44. The monoisotopic (exact) mass is 261 g/mol. The molecule has 90 valence electrons. The summed E-state index contributed by atoms with van der Waals surface area (Å²) in [6.07, 6.45) is 0. The van der Waals surface area contributed by atoms with Crippen molar-refractivity contribution in [3.8, 4) is 5.75 Å². The van der Waals surface area contributed by atoms with Crippen molar-refractivity contribution >= 4 is 28.9 Å². The van der Waals surface area contributed by atoms with Crippen molar-refractivity contribution in [2.45, 2.75) is 20.8 Å². The van der Waals surface area contributed by atoms with Crippen LogP contribution in [0.1, 0.15) is 20.8 Å². The van der Waals surface area contributed by atoms with Crippen LogP contribution < -0.4 is 10.1 Å². The van der Waals surface area contributed by atoms with E-state index in [4.69, 9.17) is 27.9 Å². The number of benzene rings is 1. The molecule has 0 spiro atoms. The first-order chi connectivity index (χ1) is 7.54. The Balaban J connectivity index is 2.94. The molecule has 0 saturated carbocycles. The first-order valence-corrected chi connectivity index (χ1v) is 6.16. The van der Waals surface area contributed by atoms with Crippen LogP contribution in [-0.2, 0) is 0 Å². The quantitative estimate of drug-likeness (QED) is 0.845. The molecule has 16 heavy (non-hydrogen) atoms. The average molecular weight is 262 g/mol. The molecule has 0 unspecified atom stereocenters. The van der Waals surface area contributed by atoms with Gasteiger partial charge in [0.05, 0.1) is 17.3 Å². The number of anilines is 1. The van der Waals surface area contributed by atoms with E-state index in [0.717, 1.165) is 12.2 Å². The molecule has 2 nitrogen and oxygen atoms in total. The van der Waals surface area contributed by atoms with Gasteiger partial charge >= 0.3 is 0 Å². The molecular weight excluding hydrogens is 245 g/mol. The number of nitrogens with one attached hydrogen (secondary N) is 1. The van der Waals surface area contributed by atoms with Crippen molar-refractivity contribution in [2.75, 3.05) is 18.5 Å². The Morgan fingerprint density at radius 1 is 1.31 bits per heavy atom. The van der Waals surface area contributed by atoms with Gasteiger partial charge in [-0.05, 0) is 25.0 Å². The molecule has 0 aliphatic carbocycles. The van der Waals surface area contributed by atoms with E-state index in [0.29, 0.717) is 28.3 Å². The molecule has 0 heterocycles. The van der Waals surface area contributed by atoms with Crippen LogP contribution in [0.25, 0.3) is 0 Å². The lowest BCUT2D eigenvalue weighted by Gasteiger charge is -2.15. The van der Waals surface area contributed by atoms with Crippen LogP contribution in [0.5, 0.6) is 5.75 Å². The average Bonchev–Trinajstić information content (AvgIpc) is 2.16. The second kappa shape index (κ2) is 6.21. The summed E-state index contributed by atoms with van der Waals surface area (Å²) in [4.78, 5) is 0. The number of hydrogen-bond acceptors (Lipinski definition) is 2. The largest absolute Gasteiger partial charge is 0.490 e. The molecule has 0 aliphatic rings. The summed E-state index contributed by atoms with van der Waals surface area (Å²) >= 11 is 12.0. The maximum Gasteiger partial charge on any atom is 0.161 e. The van der Waals surface area contributed by atoms with Crippen LogP contribution in [0.15, 0.2) is 12.1 Å². The number of ether oxygens (including phenoxy) is 1. The predicted molar refractivity (Wildman–Crippen MR) is 71.0 cm³/mol. The minimum Gasteiger partial charge on any atom is -0.490 e. The summed E-state index contributed by atoms with van der Waals surface area (Å²) in [5, 5.41) is 4.34. The van der Waals surface area contributed by atoms with Gasteiger partial charge in [0, 0.05) is 11.6 Å². The van der Waals surface area contributed by atoms with Gasteiger partial charge < -0.3 is 10.1 Å². The molecular formula is C12H17Cl2NO. The van der Waals surface area contributed by atoms with Crippen LogP contribution >= 0.6 is 23.2 Å². The molecule has 0 saturated heterocycles. The summed E-state index contributed by atoms with van der Waals surface area (Å²) in [6, 6.07) is 3.52. The van der Waals surface area contributed by atoms with Crippen molar-refractivity contribution in [1.29, 1.82) is 0 Å². The minimum atomic E-state index is 0.459. The Kier molecular flexibility index (Phi) is 5.23. The Hall–Kier alpha value is -0.600. The second-order valence-electron chi connectivity index (χ2n) is 4.00. The van der Waals surface area contributed by atoms with Gasteiger partial charge in [-0.1, -0.05) is 37.0 Å². The fourth-order valence-electron chi connectivity index (χ4n) is 1.28. The van der Waals surface area contributed by atoms with E-state index in [1.807, 2.05) is 13.0 Å². The first kappa shape index (κ1) is 13.5. The highest BCUT2D eigenvalue weighted by molar-refractivity contribution is 6.36. The molecule has 0 fully saturated rings. The molecule has 1 aromatic carbocycles. The van der Waals surface area contributed by atoms with Gasteiger partial charge in [0.2, 0.25) is 0 Å². The Labute approximate surface area is 107 Å². The third-order valence-electron chi connectivity index (χ3n) is 1.94. The van der Waals surface area contributed by atoms with Crippen molar-refractivity contribution in [2.24, 2.45) is 5.92 Å². The highest BCUT2D eigenvalue weighted by atomic mass is 35.5. The van der Waals surface area contributed by atoms with Crippen LogP contribution in [-0.4, -0.2) is 13.2 Å². The lowest BCUT2D eigenvalue weighted by atomic mass is 10.2. The van der Waals surface area contributed by atoms with Crippen molar-refractivity contribution in [3.05, 3.63) is 22.2 Å². The van der Waals surface area contributed by atoms with Gasteiger partial charge in [0.1, 0.15) is 0 Å². The lowest BCUT2D eigenvalue weighted by Crippen LogP contribution is -2.07. The fraction of sp³-hybridized carbons (Fsp3) is 0.500. The normalized spacial score (nSPS) is 10.6. The summed E-state index contributed by atoms with van der Waals surface area (Å²) in [6.45, 7) is 7.64. The summed E-state index contributed by atoms with van der Waals surface area (Å²) in [5.41, 5.74) is 0.848. The SMILES string of the molecule is CCNc1cc(Cl)cc(Cl)c1OCC(C)C. The van der Waals surface area contributed by atoms with Crippen LogP contribution in [0.4, 0.5) is 5.69 Å². The van der Waals surface area contributed by atoms with E-state index in [1.54, 1.807) is 6.07 Å². The highest BCUT2D eigenvalue weighted by Gasteiger charge is 2.10. The van der Waals surface area contributed by atoms with Crippen molar-refractivity contribution < 1.29 is 4.74 Å². The van der Waals surface area contributed by atoms with Crippen LogP contribution in [0.2, 0.25) is 10.0 Å². The number of rotatable bonds is 5. The van der Waals surface area contributed by atoms with E-state index in [2.05, 4.69) is 19.2 Å². The molecule has 1 rings (SSSR count). The third kappa shape index (κ3) is 3.76. The Morgan fingerprint density at radius 3 is 2.56 bits per heavy atom. The maximum atomic E-state index is 6.10. The minimum absolute atomic E-state index is 0.459. The smallest absolute Gasteiger partial charge is 0.161 e. The molecule has 0 radical (unpaired) electrons. The molecule has 0 aliphatic heterocycles. The lowest BCUT2D eigenvalue weighted by molar-refractivity contribution is 0.272. The van der Waals surface area contributed by atoms with E-state index in [-0.39, 0.29) is 0 Å². The van der Waals surface area contributed by atoms with Gasteiger partial charge in [-0.25, -0.2) is 0 Å². The van der Waals surface area contributed by atoms with Gasteiger partial charge in [0.25, 0.3) is 0 Å². The summed E-state index contributed by atoms with van der Waals surface area (Å²) in [5.74, 6) is 1.14. The molecule has 1 aromatic rings. The first-order valence-electron chi connectivity index (χ1n) is 5.40. The zero-order valence-electron chi connectivity index (χ0n) is 9.81. The van der Waals surface area contributed by atoms with E-state index in [1.165, 1.54) is 0 Å². The maximum absolute atomic E-state index is 6.10. The van der Waals surface area contributed by atoms with Gasteiger partial charge in [0.15, 0.2) is 5.75 Å². The molecule has 0 bridgehead atoms.